The molecule has 1 aromatic carbocycles. The van der Waals surface area contributed by atoms with E-state index in [9.17, 15) is 18.4 Å². The van der Waals surface area contributed by atoms with Gasteiger partial charge in [0.25, 0.3) is 0 Å². The Morgan fingerprint density at radius 1 is 1.36 bits per heavy atom. The van der Waals surface area contributed by atoms with E-state index in [2.05, 4.69) is 0 Å². The minimum Gasteiger partial charge on any atom is -0.341 e. The molecule has 25 heavy (non-hydrogen) atoms. The van der Waals surface area contributed by atoms with Crippen molar-refractivity contribution in [2.75, 3.05) is 19.6 Å². The average molecular weight is 368 g/mol. The molecule has 1 aromatic rings. The highest BCUT2D eigenvalue weighted by Gasteiger charge is 2.40. The van der Waals surface area contributed by atoms with Crippen LogP contribution in [0.15, 0.2) is 18.2 Å². The van der Waals surface area contributed by atoms with Gasteiger partial charge in [-0.15, -0.1) is 11.8 Å². The molecule has 0 radical (unpaired) electrons. The van der Waals surface area contributed by atoms with E-state index >= 15 is 0 Å². The third kappa shape index (κ3) is 3.81. The number of carbonyl (C=O) groups excluding carboxylic acids is 2. The fraction of sp³-hybridized carbons (Fsp3) is 0.556. The van der Waals surface area contributed by atoms with Crippen molar-refractivity contribution in [2.24, 2.45) is 5.92 Å². The smallest absolute Gasteiger partial charge is 0.236 e. The van der Waals surface area contributed by atoms with Crippen LogP contribution in [0, 0.1) is 17.6 Å². The van der Waals surface area contributed by atoms with E-state index in [-0.39, 0.29) is 23.0 Å². The van der Waals surface area contributed by atoms with Crippen LogP contribution in [0.2, 0.25) is 0 Å². The van der Waals surface area contributed by atoms with Gasteiger partial charge in [0, 0.05) is 37.2 Å². The standard InChI is InChI=1S/C18H22F2N2O2S/c1-3-21(17(24)12-4-5-12)8-9-22-16(23)11(2)25-18(22)14-7-6-13(19)10-15(14)20/h6-7,10-12,18H,3-5,8-9H2,1-2H3/t11-,18-/m1/s1. The number of hydrogen-bond acceptors (Lipinski definition) is 3. The summed E-state index contributed by atoms with van der Waals surface area (Å²) in [4.78, 5) is 28.1. The molecule has 1 saturated carbocycles. The van der Waals surface area contributed by atoms with E-state index in [0.717, 1.165) is 18.9 Å². The molecule has 0 spiro atoms. The number of rotatable bonds is 6. The summed E-state index contributed by atoms with van der Waals surface area (Å²) in [7, 11) is 0. The maximum absolute atomic E-state index is 14.2. The van der Waals surface area contributed by atoms with E-state index in [1.54, 1.807) is 16.7 Å². The van der Waals surface area contributed by atoms with E-state index in [1.165, 1.54) is 23.9 Å². The van der Waals surface area contributed by atoms with Gasteiger partial charge in [0.1, 0.15) is 17.0 Å². The predicted octanol–water partition coefficient (Wildman–Crippen LogP) is 3.19. The Morgan fingerprint density at radius 2 is 2.08 bits per heavy atom. The molecule has 2 fully saturated rings. The quantitative estimate of drug-likeness (QED) is 0.774. The number of thioether (sulfide) groups is 1. The molecule has 2 amide bonds. The molecule has 0 N–H and O–H groups in total. The minimum absolute atomic E-state index is 0.0753. The molecule has 0 unspecified atom stereocenters. The van der Waals surface area contributed by atoms with Crippen molar-refractivity contribution in [1.29, 1.82) is 0 Å². The van der Waals surface area contributed by atoms with Crippen molar-refractivity contribution in [3.8, 4) is 0 Å². The van der Waals surface area contributed by atoms with Gasteiger partial charge >= 0.3 is 0 Å². The maximum Gasteiger partial charge on any atom is 0.236 e. The lowest BCUT2D eigenvalue weighted by Gasteiger charge is -2.28. The summed E-state index contributed by atoms with van der Waals surface area (Å²) in [6.07, 6.45) is 1.88. The molecule has 2 aliphatic rings. The minimum atomic E-state index is -0.647. The zero-order chi connectivity index (χ0) is 18.1. The topological polar surface area (TPSA) is 40.6 Å². The first-order valence-corrected chi connectivity index (χ1v) is 9.56. The third-order valence-electron chi connectivity index (χ3n) is 4.71. The van der Waals surface area contributed by atoms with Gasteiger partial charge in [-0.25, -0.2) is 8.78 Å². The first kappa shape index (κ1) is 18.2. The highest BCUT2D eigenvalue weighted by molar-refractivity contribution is 8.01. The Bertz CT molecular complexity index is 681. The van der Waals surface area contributed by atoms with E-state index in [1.807, 2.05) is 6.92 Å². The summed E-state index contributed by atoms with van der Waals surface area (Å²) in [5.74, 6) is -1.09. The number of halogens is 2. The van der Waals surface area contributed by atoms with E-state index in [0.29, 0.717) is 25.2 Å². The van der Waals surface area contributed by atoms with Crippen LogP contribution in [0.1, 0.15) is 37.6 Å². The van der Waals surface area contributed by atoms with Crippen LogP contribution in [0.4, 0.5) is 8.78 Å². The molecule has 1 aliphatic heterocycles. The number of benzene rings is 1. The number of hydrogen-bond donors (Lipinski definition) is 0. The van der Waals surface area contributed by atoms with Crippen molar-refractivity contribution < 1.29 is 18.4 Å². The lowest BCUT2D eigenvalue weighted by molar-refractivity contribution is -0.135. The van der Waals surface area contributed by atoms with E-state index in [4.69, 9.17) is 0 Å². The van der Waals surface area contributed by atoms with Gasteiger partial charge in [0.05, 0.1) is 5.25 Å². The normalized spacial score (nSPS) is 23.2. The summed E-state index contributed by atoms with van der Waals surface area (Å²) in [6.45, 7) is 5.08. The van der Waals surface area contributed by atoms with Gasteiger partial charge in [0.15, 0.2) is 0 Å². The molecule has 3 rings (SSSR count). The Hall–Kier alpha value is -1.63. The average Bonchev–Trinajstić information content (AvgIpc) is 3.37. The fourth-order valence-electron chi connectivity index (χ4n) is 3.09. The van der Waals surface area contributed by atoms with E-state index < -0.39 is 17.0 Å². The Balaban J connectivity index is 1.74. The van der Waals surface area contributed by atoms with Gasteiger partial charge in [-0.3, -0.25) is 9.59 Å². The van der Waals surface area contributed by atoms with Gasteiger partial charge in [-0.2, -0.15) is 0 Å². The van der Waals surface area contributed by atoms with Gasteiger partial charge in [-0.05, 0) is 32.8 Å². The van der Waals surface area contributed by atoms with Crippen LogP contribution in [0.25, 0.3) is 0 Å². The van der Waals surface area contributed by atoms with Crippen molar-refractivity contribution in [1.82, 2.24) is 9.80 Å². The maximum atomic E-state index is 14.2. The summed E-state index contributed by atoms with van der Waals surface area (Å²) in [6, 6.07) is 3.45. The van der Waals surface area contributed by atoms with Crippen LogP contribution in [-0.2, 0) is 9.59 Å². The molecular formula is C18H22F2N2O2S. The molecule has 7 heteroatoms. The Kier molecular flexibility index (Phi) is 5.32. The largest absolute Gasteiger partial charge is 0.341 e. The molecule has 136 valence electrons. The van der Waals surface area contributed by atoms with Crippen LogP contribution < -0.4 is 0 Å². The monoisotopic (exact) mass is 368 g/mol. The zero-order valence-electron chi connectivity index (χ0n) is 14.4. The highest BCUT2D eigenvalue weighted by atomic mass is 32.2. The first-order valence-electron chi connectivity index (χ1n) is 8.62. The highest BCUT2D eigenvalue weighted by Crippen LogP contribution is 2.43. The van der Waals surface area contributed by atoms with Crippen molar-refractivity contribution in [2.45, 2.75) is 37.3 Å². The molecule has 1 saturated heterocycles. The number of likely N-dealkylation sites (N-methyl/N-ethyl adjacent to an activating group) is 1. The fourth-order valence-corrected chi connectivity index (χ4v) is 4.42. The number of amides is 2. The van der Waals surface area contributed by atoms with Gasteiger partial charge in [0.2, 0.25) is 11.8 Å². The number of carbonyl (C=O) groups is 2. The van der Waals surface area contributed by atoms with Gasteiger partial charge in [-0.1, -0.05) is 6.07 Å². The van der Waals surface area contributed by atoms with Crippen molar-refractivity contribution in [3.63, 3.8) is 0 Å². The molecule has 4 nitrogen and oxygen atoms in total. The van der Waals surface area contributed by atoms with Crippen molar-refractivity contribution >= 4 is 23.6 Å². The summed E-state index contributed by atoms with van der Waals surface area (Å²) < 4.78 is 27.4. The van der Waals surface area contributed by atoms with Crippen LogP contribution >= 0.6 is 11.8 Å². The molecule has 1 aliphatic carbocycles. The molecule has 0 bridgehead atoms. The SMILES string of the molecule is CCN(CCN1C(=O)[C@@H](C)S[C@@H]1c1ccc(F)cc1F)C(=O)C1CC1. The second-order valence-electron chi connectivity index (χ2n) is 6.52. The summed E-state index contributed by atoms with van der Waals surface area (Å²) >= 11 is 1.35. The Labute approximate surface area is 150 Å². The molecular weight excluding hydrogens is 346 g/mol. The second-order valence-corrected chi connectivity index (χ2v) is 7.95. The lowest BCUT2D eigenvalue weighted by atomic mass is 10.2. The zero-order valence-corrected chi connectivity index (χ0v) is 15.2. The summed E-state index contributed by atoms with van der Waals surface area (Å²) in [5.41, 5.74) is 0.306. The van der Waals surface area contributed by atoms with Crippen LogP contribution in [0.5, 0.6) is 0 Å². The van der Waals surface area contributed by atoms with Crippen LogP contribution in [-0.4, -0.2) is 46.5 Å². The van der Waals surface area contributed by atoms with Gasteiger partial charge < -0.3 is 9.80 Å². The Morgan fingerprint density at radius 3 is 2.68 bits per heavy atom. The lowest BCUT2D eigenvalue weighted by Crippen LogP contribution is -2.41. The first-order chi connectivity index (χ1) is 11.9. The molecule has 2 atom stereocenters. The molecule has 0 aromatic heterocycles. The van der Waals surface area contributed by atoms with Crippen molar-refractivity contribution in [3.05, 3.63) is 35.4 Å². The second kappa shape index (κ2) is 7.32. The molecule has 1 heterocycles. The van der Waals surface area contributed by atoms with Crippen LogP contribution in [0.3, 0.4) is 0 Å². The third-order valence-corrected chi connectivity index (χ3v) is 6.08. The number of nitrogens with zero attached hydrogens (tertiary/aromatic N) is 2. The summed E-state index contributed by atoms with van der Waals surface area (Å²) in [5, 5.41) is -0.776. The predicted molar refractivity (Wildman–Crippen MR) is 92.8 cm³/mol.